The van der Waals surface area contributed by atoms with E-state index in [1.165, 1.54) is 6.92 Å². The largest absolute Gasteiger partial charge is 0.480 e. The van der Waals surface area contributed by atoms with E-state index in [4.69, 9.17) is 5.11 Å². The third-order valence-corrected chi connectivity index (χ3v) is 3.00. The summed E-state index contributed by atoms with van der Waals surface area (Å²) in [5.74, 6) is -1.68. The first kappa shape index (κ1) is 16.8. The number of carboxylic acid groups (broad SMARTS) is 1. The van der Waals surface area contributed by atoms with Crippen molar-refractivity contribution in [1.82, 2.24) is 5.32 Å². The van der Waals surface area contributed by atoms with Gasteiger partial charge in [-0.05, 0) is 25.0 Å². The molecular formula is C15H20N2O4. The molecule has 0 fully saturated rings. The molecule has 114 valence electrons. The molecule has 0 saturated carbocycles. The summed E-state index contributed by atoms with van der Waals surface area (Å²) in [6.07, 6.45) is 0. The summed E-state index contributed by atoms with van der Waals surface area (Å²) in [4.78, 5) is 34.3. The zero-order valence-electron chi connectivity index (χ0n) is 12.3. The lowest BCUT2D eigenvalue weighted by atomic mass is 10.1. The van der Waals surface area contributed by atoms with E-state index in [0.29, 0.717) is 11.3 Å². The highest BCUT2D eigenvalue weighted by atomic mass is 16.4. The Bertz CT molecular complexity index is 540. The number of carbonyl (C=O) groups is 3. The van der Waals surface area contributed by atoms with Crippen LogP contribution in [0.15, 0.2) is 24.3 Å². The van der Waals surface area contributed by atoms with Crippen LogP contribution in [0.25, 0.3) is 0 Å². The quantitative estimate of drug-likeness (QED) is 0.662. The van der Waals surface area contributed by atoms with Gasteiger partial charge >= 0.3 is 5.97 Å². The smallest absolute Gasteiger partial charge is 0.320 e. The van der Waals surface area contributed by atoms with E-state index in [0.717, 1.165) is 0 Å². The van der Waals surface area contributed by atoms with Crippen LogP contribution in [0, 0.1) is 5.92 Å². The van der Waals surface area contributed by atoms with Crippen LogP contribution in [0.1, 0.15) is 31.1 Å². The summed E-state index contributed by atoms with van der Waals surface area (Å²) in [7, 11) is 0. The van der Waals surface area contributed by atoms with E-state index in [2.05, 4.69) is 10.6 Å². The van der Waals surface area contributed by atoms with Gasteiger partial charge in [0.15, 0.2) is 5.78 Å². The van der Waals surface area contributed by atoms with Crippen LogP contribution < -0.4 is 10.6 Å². The molecule has 3 N–H and O–H groups in total. The van der Waals surface area contributed by atoms with Gasteiger partial charge in [0.25, 0.3) is 0 Å². The second kappa shape index (κ2) is 7.54. The Balaban J connectivity index is 2.66. The number of benzene rings is 1. The number of Topliss-reactive ketones (excluding diaryl/α,β-unsaturated/α-hetero) is 1. The highest BCUT2D eigenvalue weighted by Crippen LogP contribution is 2.15. The zero-order valence-corrected chi connectivity index (χ0v) is 12.3. The van der Waals surface area contributed by atoms with E-state index in [1.807, 2.05) is 0 Å². The Hall–Kier alpha value is -2.21. The molecule has 0 bridgehead atoms. The minimum Gasteiger partial charge on any atom is -0.480 e. The SMILES string of the molecule is CC(=O)c1ccccc1NC(=O)CNC(C(=O)O)C(C)C. The average molecular weight is 292 g/mol. The molecule has 1 aromatic carbocycles. The summed E-state index contributed by atoms with van der Waals surface area (Å²) in [5.41, 5.74) is 0.845. The maximum atomic E-state index is 11.9. The zero-order chi connectivity index (χ0) is 16.0. The fourth-order valence-corrected chi connectivity index (χ4v) is 1.90. The molecule has 0 aliphatic heterocycles. The fourth-order valence-electron chi connectivity index (χ4n) is 1.90. The Morgan fingerprint density at radius 1 is 1.19 bits per heavy atom. The van der Waals surface area contributed by atoms with Crippen molar-refractivity contribution in [2.45, 2.75) is 26.8 Å². The molecular weight excluding hydrogens is 272 g/mol. The number of ketones is 1. The summed E-state index contributed by atoms with van der Waals surface area (Å²) >= 11 is 0. The first-order chi connectivity index (χ1) is 9.82. The topological polar surface area (TPSA) is 95.5 Å². The molecule has 0 radical (unpaired) electrons. The summed E-state index contributed by atoms with van der Waals surface area (Å²) in [6, 6.07) is 5.89. The van der Waals surface area contributed by atoms with Crippen molar-refractivity contribution < 1.29 is 19.5 Å². The van der Waals surface area contributed by atoms with E-state index >= 15 is 0 Å². The molecule has 0 aromatic heterocycles. The second-order valence-electron chi connectivity index (χ2n) is 5.09. The van der Waals surface area contributed by atoms with Crippen LogP contribution in [0.3, 0.4) is 0 Å². The van der Waals surface area contributed by atoms with Gasteiger partial charge in [0.2, 0.25) is 5.91 Å². The molecule has 21 heavy (non-hydrogen) atoms. The van der Waals surface area contributed by atoms with Crippen molar-refractivity contribution in [2.75, 3.05) is 11.9 Å². The number of para-hydroxylation sites is 1. The summed E-state index contributed by atoms with van der Waals surface area (Å²) < 4.78 is 0. The molecule has 1 atom stereocenters. The van der Waals surface area contributed by atoms with Crippen LogP contribution in [-0.2, 0) is 9.59 Å². The van der Waals surface area contributed by atoms with Crippen LogP contribution in [0.4, 0.5) is 5.69 Å². The Kier molecular flexibility index (Phi) is 6.05. The molecule has 1 rings (SSSR count). The lowest BCUT2D eigenvalue weighted by Gasteiger charge is -2.17. The van der Waals surface area contributed by atoms with Gasteiger partial charge in [-0.1, -0.05) is 26.0 Å². The van der Waals surface area contributed by atoms with Gasteiger partial charge in [0.1, 0.15) is 6.04 Å². The van der Waals surface area contributed by atoms with Crippen molar-refractivity contribution >= 4 is 23.3 Å². The standard InChI is InChI=1S/C15H20N2O4/c1-9(2)14(15(20)21)16-8-13(19)17-12-7-5-4-6-11(12)10(3)18/h4-7,9,14,16H,8H2,1-3H3,(H,17,19)(H,20,21). The number of carbonyl (C=O) groups excluding carboxylic acids is 2. The number of aliphatic carboxylic acids is 1. The Labute approximate surface area is 123 Å². The summed E-state index contributed by atoms with van der Waals surface area (Å²) in [5, 5.41) is 14.3. The highest BCUT2D eigenvalue weighted by molar-refractivity contribution is 6.04. The average Bonchev–Trinajstić information content (AvgIpc) is 2.38. The Morgan fingerprint density at radius 3 is 2.33 bits per heavy atom. The lowest BCUT2D eigenvalue weighted by molar-refractivity contribution is -0.140. The van der Waals surface area contributed by atoms with Crippen molar-refractivity contribution in [3.8, 4) is 0 Å². The molecule has 0 saturated heterocycles. The first-order valence-electron chi connectivity index (χ1n) is 6.69. The predicted molar refractivity (Wildman–Crippen MR) is 79.3 cm³/mol. The molecule has 6 heteroatoms. The lowest BCUT2D eigenvalue weighted by Crippen LogP contribution is -2.44. The van der Waals surface area contributed by atoms with Gasteiger partial charge in [-0.15, -0.1) is 0 Å². The maximum Gasteiger partial charge on any atom is 0.320 e. The number of hydrogen-bond donors (Lipinski definition) is 3. The van der Waals surface area contributed by atoms with Gasteiger partial charge in [0, 0.05) is 5.56 Å². The molecule has 0 aliphatic carbocycles. The third-order valence-electron chi connectivity index (χ3n) is 3.00. The molecule has 0 aliphatic rings. The fraction of sp³-hybridized carbons (Fsp3) is 0.400. The normalized spacial score (nSPS) is 12.0. The number of nitrogens with one attached hydrogen (secondary N) is 2. The van der Waals surface area contributed by atoms with Crippen LogP contribution in [0.2, 0.25) is 0 Å². The number of anilines is 1. The minimum atomic E-state index is -0.998. The number of amides is 1. The van der Waals surface area contributed by atoms with Crippen molar-refractivity contribution in [3.05, 3.63) is 29.8 Å². The number of hydrogen-bond acceptors (Lipinski definition) is 4. The van der Waals surface area contributed by atoms with Gasteiger partial charge in [-0.25, -0.2) is 0 Å². The van der Waals surface area contributed by atoms with Crippen molar-refractivity contribution in [3.63, 3.8) is 0 Å². The van der Waals surface area contributed by atoms with Gasteiger partial charge < -0.3 is 10.4 Å². The molecule has 1 amide bonds. The van der Waals surface area contributed by atoms with Gasteiger partial charge in [-0.3, -0.25) is 19.7 Å². The Morgan fingerprint density at radius 2 is 1.81 bits per heavy atom. The summed E-state index contributed by atoms with van der Waals surface area (Å²) in [6.45, 7) is 4.80. The maximum absolute atomic E-state index is 11.9. The third kappa shape index (κ3) is 5.00. The van der Waals surface area contributed by atoms with Crippen LogP contribution in [-0.4, -0.2) is 35.4 Å². The molecule has 6 nitrogen and oxygen atoms in total. The van der Waals surface area contributed by atoms with Gasteiger partial charge in [-0.2, -0.15) is 0 Å². The van der Waals surface area contributed by atoms with Crippen LogP contribution >= 0.6 is 0 Å². The second-order valence-corrected chi connectivity index (χ2v) is 5.09. The monoisotopic (exact) mass is 292 g/mol. The molecule has 0 heterocycles. The van der Waals surface area contributed by atoms with E-state index in [9.17, 15) is 14.4 Å². The first-order valence-corrected chi connectivity index (χ1v) is 6.69. The van der Waals surface area contributed by atoms with Crippen LogP contribution in [0.5, 0.6) is 0 Å². The van der Waals surface area contributed by atoms with Crippen molar-refractivity contribution in [1.29, 1.82) is 0 Å². The van der Waals surface area contributed by atoms with E-state index in [1.54, 1.807) is 38.1 Å². The highest BCUT2D eigenvalue weighted by Gasteiger charge is 2.21. The predicted octanol–water partition coefficient (Wildman–Crippen LogP) is 1.53. The molecule has 1 aromatic rings. The van der Waals surface area contributed by atoms with E-state index < -0.39 is 17.9 Å². The molecule has 0 spiro atoms. The van der Waals surface area contributed by atoms with Gasteiger partial charge in [0.05, 0.1) is 12.2 Å². The number of carboxylic acids is 1. The minimum absolute atomic E-state index is 0.138. The van der Waals surface area contributed by atoms with E-state index in [-0.39, 0.29) is 18.2 Å². The van der Waals surface area contributed by atoms with Crippen molar-refractivity contribution in [2.24, 2.45) is 5.92 Å². The number of rotatable bonds is 7. The molecule has 1 unspecified atom stereocenters.